The fraction of sp³-hybridized carbons (Fsp3) is 0.581. The van der Waals surface area contributed by atoms with E-state index in [4.69, 9.17) is 9.47 Å². The first-order valence-corrected chi connectivity index (χ1v) is 14.0. The highest BCUT2D eigenvalue weighted by Gasteiger charge is 2.87. The average Bonchev–Trinajstić information content (AvgIpc) is 3.37. The summed E-state index contributed by atoms with van der Waals surface area (Å²) in [7, 11) is 3.32. The predicted molar refractivity (Wildman–Crippen MR) is 143 cm³/mol. The maximum absolute atomic E-state index is 11.7. The molecule has 4 aliphatic rings. The van der Waals surface area contributed by atoms with Gasteiger partial charge in [-0.15, -0.1) is 0 Å². The summed E-state index contributed by atoms with van der Waals surface area (Å²) in [6, 6.07) is 16.7. The lowest BCUT2D eigenvalue weighted by atomic mass is 9.73. The fourth-order valence-electron chi connectivity index (χ4n) is 8.83. The molecule has 0 radical (unpaired) electrons. The summed E-state index contributed by atoms with van der Waals surface area (Å²) in [5.41, 5.74) is 5.32. The van der Waals surface area contributed by atoms with E-state index in [0.29, 0.717) is 22.7 Å². The molecule has 2 heterocycles. The van der Waals surface area contributed by atoms with Gasteiger partial charge in [-0.3, -0.25) is 0 Å². The number of quaternary nitrogens is 1. The number of benzene rings is 2. The van der Waals surface area contributed by atoms with Gasteiger partial charge < -0.3 is 18.9 Å². The number of hydrogen-bond acceptors (Lipinski definition) is 4. The second kappa shape index (κ2) is 9.18. The predicted octanol–water partition coefficient (Wildman–Crippen LogP) is 5.82. The molecule has 5 nitrogen and oxygen atoms in total. The molecule has 4 fully saturated rings. The number of fused-ring (bicyclic) bond motifs is 3. The van der Waals surface area contributed by atoms with E-state index in [9.17, 15) is 4.79 Å². The molecule has 6 rings (SSSR count). The van der Waals surface area contributed by atoms with E-state index in [2.05, 4.69) is 29.2 Å². The molecule has 0 amide bonds. The van der Waals surface area contributed by atoms with Crippen LogP contribution in [0.4, 0.5) is 5.69 Å². The number of ether oxygens (including phenoxy) is 2. The van der Waals surface area contributed by atoms with Crippen LogP contribution in [0.5, 0.6) is 0 Å². The van der Waals surface area contributed by atoms with Gasteiger partial charge in [0, 0.05) is 38.5 Å². The number of esters is 1. The molecule has 2 aromatic carbocycles. The second-order valence-corrected chi connectivity index (χ2v) is 11.6. The highest BCUT2D eigenvalue weighted by Crippen LogP contribution is 2.71. The van der Waals surface area contributed by atoms with Crippen molar-refractivity contribution in [2.45, 2.75) is 75.0 Å². The Balaban J connectivity index is 1.15. The molecular weight excluding hydrogens is 448 g/mol. The van der Waals surface area contributed by atoms with Crippen molar-refractivity contribution in [1.29, 1.82) is 0 Å². The molecule has 5 heteroatoms. The van der Waals surface area contributed by atoms with Crippen LogP contribution in [-0.2, 0) is 9.47 Å². The molecule has 2 aliphatic carbocycles. The van der Waals surface area contributed by atoms with Crippen molar-refractivity contribution in [1.82, 2.24) is 0 Å². The summed E-state index contributed by atoms with van der Waals surface area (Å²) in [5, 5.41) is 0. The third kappa shape index (κ3) is 3.46. The molecule has 2 saturated heterocycles. The summed E-state index contributed by atoms with van der Waals surface area (Å²) in [6.45, 7) is 4.91. The quantitative estimate of drug-likeness (QED) is 0.308. The lowest BCUT2D eigenvalue weighted by Crippen LogP contribution is -2.54. The zero-order chi connectivity index (χ0) is 24.8. The van der Waals surface area contributed by atoms with Gasteiger partial charge in [0.1, 0.15) is 0 Å². The molecule has 3 spiro atoms. The number of carbonyl (C=O) groups is 1. The minimum absolute atomic E-state index is 0.294. The Hall–Kier alpha value is -2.37. The molecule has 36 heavy (non-hydrogen) atoms. The van der Waals surface area contributed by atoms with Crippen LogP contribution >= 0.6 is 0 Å². The van der Waals surface area contributed by atoms with Gasteiger partial charge in [-0.05, 0) is 61.1 Å². The number of piperazine rings is 1. The third-order valence-electron chi connectivity index (χ3n) is 10.6. The van der Waals surface area contributed by atoms with Gasteiger partial charge in [0.15, 0.2) is 11.1 Å². The van der Waals surface area contributed by atoms with Crippen LogP contribution in [0.1, 0.15) is 68.1 Å². The second-order valence-electron chi connectivity index (χ2n) is 11.6. The Bertz CT molecular complexity index is 1070. The molecule has 0 aromatic heterocycles. The summed E-state index contributed by atoms with van der Waals surface area (Å²) < 4.78 is 12.0. The van der Waals surface area contributed by atoms with Crippen molar-refractivity contribution in [3.63, 3.8) is 0 Å². The maximum atomic E-state index is 11.7. The number of nitrogens with zero attached hydrogens (tertiary/aromatic N) is 2. The number of rotatable bonds is 4. The van der Waals surface area contributed by atoms with Gasteiger partial charge in [0.2, 0.25) is 0 Å². The van der Waals surface area contributed by atoms with E-state index in [1.807, 2.05) is 31.4 Å². The first-order valence-electron chi connectivity index (χ1n) is 14.0. The highest BCUT2D eigenvalue weighted by molar-refractivity contribution is 5.90. The van der Waals surface area contributed by atoms with E-state index < -0.39 is 0 Å². The summed E-state index contributed by atoms with van der Waals surface area (Å²) in [5.74, 6) is -0.294. The molecule has 2 aliphatic heterocycles. The third-order valence-corrected chi connectivity index (χ3v) is 10.6. The zero-order valence-electron chi connectivity index (χ0n) is 22.0. The van der Waals surface area contributed by atoms with Crippen LogP contribution in [-0.4, -0.2) is 68.0 Å². The Labute approximate surface area is 216 Å². The average molecular weight is 490 g/mol. The van der Waals surface area contributed by atoms with Crippen LogP contribution < -0.4 is 4.90 Å². The molecule has 2 aromatic rings. The Kier molecular flexibility index (Phi) is 6.12. The standard InChI is InChI=1S/C31H41N2O3/c1-35-28-14-18-31(19-15-28)30(16-4-3-5-17-30)33(31)22-20-32(21-23-33)27-12-10-25(11-13-27)24-6-8-26(9-7-24)29(34)36-2/h6-13,28H,3-5,14-23H2,1-2H3/q+1/t28-,31-. The Morgan fingerprint density at radius 1 is 0.806 bits per heavy atom. The lowest BCUT2D eigenvalue weighted by molar-refractivity contribution is -0.858. The summed E-state index contributed by atoms with van der Waals surface area (Å²) in [4.78, 5) is 14.3. The topological polar surface area (TPSA) is 38.8 Å². The van der Waals surface area contributed by atoms with Gasteiger partial charge in [-0.1, -0.05) is 30.7 Å². The van der Waals surface area contributed by atoms with Crippen molar-refractivity contribution in [3.8, 4) is 11.1 Å². The normalized spacial score (nSPS) is 28.4. The zero-order valence-corrected chi connectivity index (χ0v) is 22.0. The monoisotopic (exact) mass is 489 g/mol. The van der Waals surface area contributed by atoms with E-state index in [0.717, 1.165) is 18.7 Å². The summed E-state index contributed by atoms with van der Waals surface area (Å²) >= 11 is 0. The lowest BCUT2D eigenvalue weighted by Gasteiger charge is -2.40. The van der Waals surface area contributed by atoms with Crippen molar-refractivity contribution >= 4 is 11.7 Å². The van der Waals surface area contributed by atoms with E-state index in [-0.39, 0.29) is 5.97 Å². The van der Waals surface area contributed by atoms with Crippen molar-refractivity contribution < 1.29 is 18.8 Å². The van der Waals surface area contributed by atoms with Gasteiger partial charge in [-0.2, -0.15) is 0 Å². The van der Waals surface area contributed by atoms with Gasteiger partial charge in [0.25, 0.3) is 0 Å². The minimum atomic E-state index is -0.294. The fourth-order valence-corrected chi connectivity index (χ4v) is 8.83. The first kappa shape index (κ1) is 24.0. The SMILES string of the molecule is COC(=O)c1ccc(-c2ccc(N3CC[N+]4(CC3)C3(CCCCC3)[C@]43CC[C@@H](OC)CC3)cc2)cc1. The molecule has 0 N–H and O–H groups in total. The molecule has 0 bridgehead atoms. The number of methoxy groups -OCH3 is 2. The van der Waals surface area contributed by atoms with E-state index >= 15 is 0 Å². The Morgan fingerprint density at radius 2 is 1.36 bits per heavy atom. The van der Waals surface area contributed by atoms with Crippen LogP contribution in [0.25, 0.3) is 11.1 Å². The van der Waals surface area contributed by atoms with Crippen LogP contribution in [0, 0.1) is 0 Å². The van der Waals surface area contributed by atoms with Gasteiger partial charge >= 0.3 is 5.97 Å². The molecule has 2 saturated carbocycles. The van der Waals surface area contributed by atoms with E-state index in [1.165, 1.54) is 93.7 Å². The van der Waals surface area contributed by atoms with Gasteiger partial charge in [0.05, 0.1) is 45.0 Å². The molecule has 0 unspecified atom stereocenters. The maximum Gasteiger partial charge on any atom is 0.337 e. The number of anilines is 1. The molecular formula is C31H41N2O3+. The summed E-state index contributed by atoms with van der Waals surface area (Å²) in [6.07, 6.45) is 12.9. The molecule has 0 atom stereocenters. The van der Waals surface area contributed by atoms with Crippen molar-refractivity contribution in [3.05, 3.63) is 54.1 Å². The number of carbonyl (C=O) groups excluding carboxylic acids is 1. The van der Waals surface area contributed by atoms with E-state index in [1.54, 1.807) is 0 Å². The van der Waals surface area contributed by atoms with Gasteiger partial charge in [-0.25, -0.2) is 4.79 Å². The van der Waals surface area contributed by atoms with Crippen LogP contribution in [0.15, 0.2) is 48.5 Å². The number of hydrogen-bond donors (Lipinski definition) is 0. The van der Waals surface area contributed by atoms with Crippen molar-refractivity contribution in [2.24, 2.45) is 0 Å². The van der Waals surface area contributed by atoms with Crippen LogP contribution in [0.3, 0.4) is 0 Å². The Morgan fingerprint density at radius 3 is 1.92 bits per heavy atom. The minimum Gasteiger partial charge on any atom is -0.465 e. The van der Waals surface area contributed by atoms with Crippen molar-refractivity contribution in [2.75, 3.05) is 45.3 Å². The largest absolute Gasteiger partial charge is 0.465 e. The smallest absolute Gasteiger partial charge is 0.337 e. The van der Waals surface area contributed by atoms with Crippen LogP contribution in [0.2, 0.25) is 0 Å². The molecule has 192 valence electrons. The first-order chi connectivity index (χ1) is 17.6. The highest BCUT2D eigenvalue weighted by atomic mass is 16.5.